The predicted octanol–water partition coefficient (Wildman–Crippen LogP) is 3.75. The van der Waals surface area contributed by atoms with Crippen LogP contribution in [0, 0.1) is 0 Å². The summed E-state index contributed by atoms with van der Waals surface area (Å²) in [6.07, 6.45) is 4.57. The number of anilines is 1. The highest BCUT2D eigenvalue weighted by Gasteiger charge is 2.18. The van der Waals surface area contributed by atoms with Crippen molar-refractivity contribution in [3.63, 3.8) is 0 Å². The van der Waals surface area contributed by atoms with Gasteiger partial charge in [-0.1, -0.05) is 30.3 Å². The van der Waals surface area contributed by atoms with Crippen LogP contribution in [0.15, 0.2) is 64.4 Å². The molecule has 0 amide bonds. The van der Waals surface area contributed by atoms with E-state index in [1.54, 1.807) is 0 Å². The Kier molecular flexibility index (Phi) is 2.92. The standard InChI is InChI=1S/C14H17NS/c1-16(2,12-8-4-3-5-9-12)14-11-7-6-10-13(14)15/h3-11H,15H2,1-2H3. The van der Waals surface area contributed by atoms with E-state index in [-0.39, 0.29) is 0 Å². The smallest absolute Gasteiger partial charge is 0.0440 e. The molecule has 0 radical (unpaired) electrons. The summed E-state index contributed by atoms with van der Waals surface area (Å²) in [4.78, 5) is 2.63. The van der Waals surface area contributed by atoms with Crippen LogP contribution in [0.4, 0.5) is 5.69 Å². The van der Waals surface area contributed by atoms with Gasteiger partial charge in [0.1, 0.15) is 0 Å². The van der Waals surface area contributed by atoms with Crippen molar-refractivity contribution in [1.82, 2.24) is 0 Å². The summed E-state index contributed by atoms with van der Waals surface area (Å²) < 4.78 is 0. The summed E-state index contributed by atoms with van der Waals surface area (Å²) in [5.41, 5.74) is 6.96. The molecule has 0 aliphatic carbocycles. The fourth-order valence-electron chi connectivity index (χ4n) is 1.83. The fraction of sp³-hybridized carbons (Fsp3) is 0.143. The van der Waals surface area contributed by atoms with E-state index in [2.05, 4.69) is 48.9 Å². The molecule has 0 saturated heterocycles. The summed E-state index contributed by atoms with van der Waals surface area (Å²) in [5, 5.41) is 0. The maximum Gasteiger partial charge on any atom is 0.0440 e. The minimum Gasteiger partial charge on any atom is -0.398 e. The number of nitrogen functional groups attached to an aromatic ring is 1. The summed E-state index contributed by atoms with van der Waals surface area (Å²) in [6.45, 7) is 0. The monoisotopic (exact) mass is 231 g/mol. The molecule has 16 heavy (non-hydrogen) atoms. The lowest BCUT2D eigenvalue weighted by atomic mass is 10.3. The van der Waals surface area contributed by atoms with E-state index in [9.17, 15) is 0 Å². The van der Waals surface area contributed by atoms with Gasteiger partial charge in [-0.05, 0) is 41.7 Å². The molecule has 84 valence electrons. The topological polar surface area (TPSA) is 26.0 Å². The molecule has 0 aromatic heterocycles. The molecule has 1 nitrogen and oxygen atoms in total. The molecule has 0 heterocycles. The normalized spacial score (nSPS) is 12.4. The van der Waals surface area contributed by atoms with Crippen LogP contribution in [0.3, 0.4) is 0 Å². The number of hydrogen-bond donors (Lipinski definition) is 1. The summed E-state index contributed by atoms with van der Waals surface area (Å²) in [6, 6.07) is 18.7. The van der Waals surface area contributed by atoms with Gasteiger partial charge in [0.25, 0.3) is 0 Å². The number of hydrogen-bond acceptors (Lipinski definition) is 1. The Labute approximate surface area is 98.6 Å². The van der Waals surface area contributed by atoms with Gasteiger partial charge in [-0.3, -0.25) is 0 Å². The molecule has 2 N–H and O–H groups in total. The largest absolute Gasteiger partial charge is 0.398 e. The lowest BCUT2D eigenvalue weighted by molar-refractivity contribution is 1.36. The van der Waals surface area contributed by atoms with Gasteiger partial charge in [0.15, 0.2) is 0 Å². The Morgan fingerprint density at radius 2 is 1.38 bits per heavy atom. The first-order valence-electron chi connectivity index (χ1n) is 5.25. The Morgan fingerprint density at radius 1 is 0.812 bits per heavy atom. The van der Waals surface area contributed by atoms with Crippen LogP contribution in [-0.2, 0) is 0 Å². The minimum absolute atomic E-state index is 0.895. The number of benzene rings is 2. The first-order chi connectivity index (χ1) is 7.62. The van der Waals surface area contributed by atoms with E-state index in [0.29, 0.717) is 0 Å². The average Bonchev–Trinajstić information content (AvgIpc) is 2.30. The van der Waals surface area contributed by atoms with Gasteiger partial charge < -0.3 is 5.73 Å². The highest BCUT2D eigenvalue weighted by molar-refractivity contribution is 8.32. The van der Waals surface area contributed by atoms with Crippen molar-refractivity contribution in [2.75, 3.05) is 18.2 Å². The second kappa shape index (κ2) is 4.22. The van der Waals surface area contributed by atoms with Crippen molar-refractivity contribution in [2.24, 2.45) is 0 Å². The summed E-state index contributed by atoms with van der Waals surface area (Å²) in [5.74, 6) is 0. The third kappa shape index (κ3) is 1.93. The van der Waals surface area contributed by atoms with E-state index in [0.717, 1.165) is 5.69 Å². The van der Waals surface area contributed by atoms with Crippen molar-refractivity contribution in [3.05, 3.63) is 54.6 Å². The molecule has 0 unspecified atom stereocenters. The van der Waals surface area contributed by atoms with Crippen LogP contribution >= 0.6 is 10.0 Å². The zero-order valence-corrected chi connectivity index (χ0v) is 10.5. The van der Waals surface area contributed by atoms with Gasteiger partial charge in [-0.15, -0.1) is 0 Å². The second-order valence-electron chi connectivity index (χ2n) is 4.18. The summed E-state index contributed by atoms with van der Waals surface area (Å²) >= 11 is 0. The van der Waals surface area contributed by atoms with E-state index in [4.69, 9.17) is 5.73 Å². The maximum absolute atomic E-state index is 6.06. The molecule has 0 atom stereocenters. The van der Waals surface area contributed by atoms with Crippen molar-refractivity contribution >= 4 is 15.7 Å². The molecule has 0 aliphatic rings. The second-order valence-corrected chi connectivity index (χ2v) is 7.74. The molecule has 0 fully saturated rings. The van der Waals surface area contributed by atoms with Crippen LogP contribution in [-0.4, -0.2) is 12.5 Å². The van der Waals surface area contributed by atoms with E-state index >= 15 is 0 Å². The van der Waals surface area contributed by atoms with Gasteiger partial charge in [0.05, 0.1) is 0 Å². The Hall–Kier alpha value is -1.41. The molecular formula is C14H17NS. The molecule has 0 spiro atoms. The third-order valence-electron chi connectivity index (χ3n) is 2.80. The zero-order valence-electron chi connectivity index (χ0n) is 9.68. The molecule has 0 saturated carbocycles. The van der Waals surface area contributed by atoms with Gasteiger partial charge in [0, 0.05) is 10.6 Å². The maximum atomic E-state index is 6.06. The van der Waals surface area contributed by atoms with E-state index in [1.165, 1.54) is 9.79 Å². The van der Waals surface area contributed by atoms with Crippen LogP contribution < -0.4 is 5.73 Å². The van der Waals surface area contributed by atoms with Crippen LogP contribution in [0.2, 0.25) is 0 Å². The zero-order chi connectivity index (χ0) is 11.6. The molecule has 2 rings (SSSR count). The SMILES string of the molecule is CS(C)(c1ccccc1)c1ccccc1N. The van der Waals surface area contributed by atoms with E-state index < -0.39 is 10.0 Å². The van der Waals surface area contributed by atoms with Crippen molar-refractivity contribution in [2.45, 2.75) is 9.79 Å². The van der Waals surface area contributed by atoms with Crippen molar-refractivity contribution in [3.8, 4) is 0 Å². The third-order valence-corrected chi connectivity index (χ3v) is 5.72. The van der Waals surface area contributed by atoms with Gasteiger partial charge in [-0.25, -0.2) is 0 Å². The highest BCUT2D eigenvalue weighted by Crippen LogP contribution is 2.58. The quantitative estimate of drug-likeness (QED) is 0.783. The lowest BCUT2D eigenvalue weighted by Crippen LogP contribution is -2.01. The number of rotatable bonds is 2. The first kappa shape index (κ1) is 11.1. The van der Waals surface area contributed by atoms with Gasteiger partial charge in [-0.2, -0.15) is 10.0 Å². The van der Waals surface area contributed by atoms with Crippen molar-refractivity contribution in [1.29, 1.82) is 0 Å². The molecule has 2 heteroatoms. The Balaban J connectivity index is 2.51. The Bertz CT molecular complexity index is 477. The lowest BCUT2D eigenvalue weighted by Gasteiger charge is -2.33. The molecule has 0 aliphatic heterocycles. The first-order valence-corrected chi connectivity index (χ1v) is 7.70. The number of para-hydroxylation sites is 1. The predicted molar refractivity (Wildman–Crippen MR) is 73.3 cm³/mol. The van der Waals surface area contributed by atoms with Gasteiger partial charge in [0.2, 0.25) is 0 Å². The van der Waals surface area contributed by atoms with Crippen LogP contribution in [0.25, 0.3) is 0 Å². The van der Waals surface area contributed by atoms with Crippen LogP contribution in [0.5, 0.6) is 0 Å². The van der Waals surface area contributed by atoms with Crippen molar-refractivity contribution < 1.29 is 0 Å². The van der Waals surface area contributed by atoms with Gasteiger partial charge >= 0.3 is 0 Å². The molecular weight excluding hydrogens is 214 g/mol. The molecule has 2 aromatic carbocycles. The molecule has 2 aromatic rings. The number of nitrogens with two attached hydrogens (primary N) is 1. The summed E-state index contributed by atoms with van der Waals surface area (Å²) in [7, 11) is -0.995. The molecule has 0 bridgehead atoms. The Morgan fingerprint density at radius 3 is 2.00 bits per heavy atom. The minimum atomic E-state index is -0.995. The highest BCUT2D eigenvalue weighted by atomic mass is 32.3. The van der Waals surface area contributed by atoms with Crippen LogP contribution in [0.1, 0.15) is 0 Å². The fourth-order valence-corrected chi connectivity index (χ4v) is 4.00. The average molecular weight is 231 g/mol. The van der Waals surface area contributed by atoms with E-state index in [1.807, 2.05) is 18.2 Å².